The van der Waals surface area contributed by atoms with Crippen molar-refractivity contribution in [3.63, 3.8) is 0 Å². The maximum atomic E-state index is 9.32. The highest BCUT2D eigenvalue weighted by atomic mass is 32.2. The average Bonchev–Trinajstić information content (AvgIpc) is 1.27. The molecule has 0 radical (unpaired) electrons. The van der Waals surface area contributed by atoms with Gasteiger partial charge in [0.1, 0.15) is 0 Å². The zero-order valence-corrected chi connectivity index (χ0v) is 4.80. The summed E-state index contributed by atoms with van der Waals surface area (Å²) in [7, 11) is -5.85. The summed E-state index contributed by atoms with van der Waals surface area (Å²) < 4.78 is 22.0. The Bertz CT molecular complexity index is 94.6. The molecule has 0 saturated carbocycles. The van der Waals surface area contributed by atoms with Crippen molar-refractivity contribution in [3.8, 4) is 0 Å². The average molecular weight is 146 g/mol. The van der Waals surface area contributed by atoms with E-state index < -0.39 is 19.6 Å². The highest BCUT2D eigenvalue weighted by Gasteiger charge is 1.96. The van der Waals surface area contributed by atoms with Crippen LogP contribution in [-0.4, -0.2) is 18.2 Å². The number of hydrogen-bond acceptors (Lipinski definition) is 5. The minimum atomic E-state index is -3.11. The van der Waals surface area contributed by atoms with Crippen molar-refractivity contribution in [2.45, 2.75) is 0 Å². The second-order valence-electron chi connectivity index (χ2n) is 0.558. The summed E-state index contributed by atoms with van der Waals surface area (Å²) in [6, 6.07) is 0. The van der Waals surface area contributed by atoms with Crippen molar-refractivity contribution in [2.24, 2.45) is 0 Å². The van der Waals surface area contributed by atoms with Gasteiger partial charge in [0.15, 0.2) is 0 Å². The first-order chi connectivity index (χ1) is 3.13. The number of hydrogen-bond donors (Lipinski definition) is 3. The number of rotatable bonds is 2. The Morgan fingerprint density at radius 3 is 1.86 bits per heavy atom. The fraction of sp³-hybridized carbons (Fsp3) is 0. The molecule has 0 saturated heterocycles. The van der Waals surface area contributed by atoms with E-state index in [0.717, 1.165) is 0 Å². The summed E-state index contributed by atoms with van der Waals surface area (Å²) in [5, 5.41) is 0. The zero-order valence-electron chi connectivity index (χ0n) is 3.01. The molecule has 0 unspecified atom stereocenters. The van der Waals surface area contributed by atoms with E-state index in [1.165, 1.54) is 0 Å². The molecule has 0 aliphatic carbocycles. The van der Waals surface area contributed by atoms with Crippen molar-refractivity contribution in [3.05, 3.63) is 0 Å². The molecule has 0 aromatic rings. The molecule has 0 fully saturated rings. The van der Waals surface area contributed by atoms with Crippen LogP contribution in [0.25, 0.3) is 0 Å². The van der Waals surface area contributed by atoms with Gasteiger partial charge in [0.05, 0.1) is 0 Å². The van der Waals surface area contributed by atoms with Crippen LogP contribution in [0.2, 0.25) is 0 Å². The van der Waals surface area contributed by atoms with E-state index in [2.05, 4.69) is 3.97 Å². The summed E-state index contributed by atoms with van der Waals surface area (Å²) in [4.78, 5) is 15.5. The maximum Gasteiger partial charge on any atom is 0.342 e. The van der Waals surface area contributed by atoms with Crippen molar-refractivity contribution in [1.82, 2.24) is 0 Å². The van der Waals surface area contributed by atoms with Crippen LogP contribution in [0.4, 0.5) is 0 Å². The second kappa shape index (κ2) is 3.29. The van der Waals surface area contributed by atoms with Gasteiger partial charge in [-0.3, -0.25) is 0 Å². The van der Waals surface area contributed by atoms with Gasteiger partial charge in [-0.05, 0) is 0 Å². The summed E-state index contributed by atoms with van der Waals surface area (Å²) >= 11 is 0. The summed E-state index contributed by atoms with van der Waals surface area (Å²) in [5.41, 5.74) is 0. The molecule has 0 aromatic carbocycles. The van der Waals surface area contributed by atoms with Crippen molar-refractivity contribution < 1.29 is 22.2 Å². The predicted molar refractivity (Wildman–Crippen MR) is 22.8 cm³/mol. The van der Waals surface area contributed by atoms with Gasteiger partial charge in [0.25, 0.3) is 11.0 Å². The van der Waals surface area contributed by atoms with Gasteiger partial charge in [-0.1, -0.05) is 0 Å². The van der Waals surface area contributed by atoms with Crippen molar-refractivity contribution in [2.75, 3.05) is 0 Å². The molecule has 5 nitrogen and oxygen atoms in total. The molecule has 0 amide bonds. The van der Waals surface area contributed by atoms with Gasteiger partial charge in [-0.25, -0.2) is 8.42 Å². The van der Waals surface area contributed by atoms with Crippen LogP contribution in [0.3, 0.4) is 0 Å². The molecule has 7 heteroatoms. The van der Waals surface area contributed by atoms with E-state index in [1.54, 1.807) is 0 Å². The van der Waals surface area contributed by atoms with Crippen LogP contribution in [-0.2, 0) is 15.0 Å². The SMILES string of the molecule is O=[SH](=O)OP(O)O. The number of thiol groups is 1. The van der Waals surface area contributed by atoms with Crippen molar-refractivity contribution >= 4 is 19.6 Å². The first kappa shape index (κ1) is 7.26. The molecule has 7 heavy (non-hydrogen) atoms. The van der Waals surface area contributed by atoms with E-state index in [1.807, 2.05) is 0 Å². The Kier molecular flexibility index (Phi) is 3.41. The van der Waals surface area contributed by atoms with Crippen LogP contribution in [0.5, 0.6) is 0 Å². The normalized spacial score (nSPS) is 10.9. The lowest BCUT2D eigenvalue weighted by molar-refractivity contribution is 0.380. The maximum absolute atomic E-state index is 9.32. The summed E-state index contributed by atoms with van der Waals surface area (Å²) in [6.07, 6.45) is 0. The Labute approximate surface area is 42.7 Å². The Morgan fingerprint density at radius 2 is 1.86 bits per heavy atom. The zero-order chi connectivity index (χ0) is 5.86. The van der Waals surface area contributed by atoms with Crippen LogP contribution < -0.4 is 0 Å². The molecule has 0 rings (SSSR count). The topological polar surface area (TPSA) is 83.8 Å². The third kappa shape index (κ3) is 6.26. The minimum Gasteiger partial charge on any atom is -0.327 e. The largest absolute Gasteiger partial charge is 0.342 e. The van der Waals surface area contributed by atoms with Gasteiger partial charge < -0.3 is 9.79 Å². The summed E-state index contributed by atoms with van der Waals surface area (Å²) in [6.45, 7) is 0. The minimum absolute atomic E-state index is 2.74. The van der Waals surface area contributed by atoms with E-state index >= 15 is 0 Å². The van der Waals surface area contributed by atoms with E-state index in [-0.39, 0.29) is 0 Å². The highest BCUT2D eigenvalue weighted by Crippen LogP contribution is 2.23. The Hall–Kier alpha value is 0.260. The van der Waals surface area contributed by atoms with Gasteiger partial charge in [-0.2, -0.15) is 3.97 Å². The van der Waals surface area contributed by atoms with Gasteiger partial charge >= 0.3 is 8.60 Å². The third-order valence-electron chi connectivity index (χ3n) is 0.140. The quantitative estimate of drug-likeness (QED) is 0.334. The molecular weight excluding hydrogens is 143 g/mol. The fourth-order valence-corrected chi connectivity index (χ4v) is 0.537. The van der Waals surface area contributed by atoms with Crippen LogP contribution >= 0.6 is 8.60 Å². The molecule has 44 valence electrons. The molecule has 0 aliphatic rings. The van der Waals surface area contributed by atoms with E-state index in [9.17, 15) is 8.42 Å². The summed E-state index contributed by atoms with van der Waals surface area (Å²) in [5.74, 6) is 0. The molecule has 2 N–H and O–H groups in total. The highest BCUT2D eigenvalue weighted by molar-refractivity contribution is 7.72. The molecule has 0 aliphatic heterocycles. The monoisotopic (exact) mass is 146 g/mol. The molecule has 0 spiro atoms. The molecule has 0 aromatic heterocycles. The van der Waals surface area contributed by atoms with E-state index in [4.69, 9.17) is 9.79 Å². The Morgan fingerprint density at radius 1 is 1.43 bits per heavy atom. The van der Waals surface area contributed by atoms with Crippen LogP contribution in [0.1, 0.15) is 0 Å². The lowest BCUT2D eigenvalue weighted by atomic mass is 15.8. The molecule has 0 bridgehead atoms. The molecule has 0 heterocycles. The van der Waals surface area contributed by atoms with Crippen LogP contribution in [0.15, 0.2) is 0 Å². The lowest BCUT2D eigenvalue weighted by Gasteiger charge is -1.89. The van der Waals surface area contributed by atoms with Gasteiger partial charge in [0.2, 0.25) is 0 Å². The first-order valence-corrected chi connectivity index (χ1v) is 3.39. The lowest BCUT2D eigenvalue weighted by Crippen LogP contribution is -1.77. The van der Waals surface area contributed by atoms with Crippen LogP contribution in [0, 0.1) is 0 Å². The second-order valence-corrected chi connectivity index (χ2v) is 2.16. The third-order valence-corrected chi connectivity index (χ3v) is 1.26. The van der Waals surface area contributed by atoms with Gasteiger partial charge in [-0.15, -0.1) is 0 Å². The molecular formula is H3O5PS. The fourth-order valence-electron chi connectivity index (χ4n) is 0.0596. The smallest absolute Gasteiger partial charge is 0.327 e. The van der Waals surface area contributed by atoms with E-state index in [0.29, 0.717) is 0 Å². The first-order valence-electron chi connectivity index (χ1n) is 1.13. The standard InChI is InChI=1S/H3O5PS/c1-6(2)5-7(3)4/h1-2,7H. The predicted octanol–water partition coefficient (Wildman–Crippen LogP) is -1.26. The van der Waals surface area contributed by atoms with Gasteiger partial charge in [0, 0.05) is 0 Å². The molecule has 0 atom stereocenters. The van der Waals surface area contributed by atoms with Crippen molar-refractivity contribution in [1.29, 1.82) is 0 Å². The Balaban J connectivity index is 3.32.